The number of piperidine rings is 1. The molecule has 1 aromatic rings. The summed E-state index contributed by atoms with van der Waals surface area (Å²) in [5.74, 6) is 0. The number of rotatable bonds is 1. The van der Waals surface area contributed by atoms with Crippen molar-refractivity contribution in [2.45, 2.75) is 32.3 Å². The second-order valence-corrected chi connectivity index (χ2v) is 5.28. The van der Waals surface area contributed by atoms with Gasteiger partial charge in [-0.1, -0.05) is 17.7 Å². The molecule has 1 aliphatic rings. The van der Waals surface area contributed by atoms with Crippen molar-refractivity contribution >= 4 is 11.7 Å². The van der Waals surface area contributed by atoms with E-state index < -0.39 is 5.60 Å². The lowest BCUT2D eigenvalue weighted by atomic mass is 9.94. The van der Waals surface area contributed by atoms with Gasteiger partial charge in [0, 0.05) is 18.8 Å². The van der Waals surface area contributed by atoms with Crippen molar-refractivity contribution in [2.24, 2.45) is 0 Å². The van der Waals surface area contributed by atoms with Crippen LogP contribution in [0.1, 0.15) is 25.3 Å². The molecule has 2 rings (SSSR count). The minimum Gasteiger partial charge on any atom is -0.390 e. The zero-order valence-corrected chi connectivity index (χ0v) is 10.9. The molecule has 1 heterocycles. The Morgan fingerprint density at radius 1 is 1.28 bits per heavy atom. The number of carbonyl (C=O) groups is 1. The summed E-state index contributed by atoms with van der Waals surface area (Å²) in [5, 5.41) is 12.7. The van der Waals surface area contributed by atoms with Crippen LogP contribution < -0.4 is 5.32 Å². The van der Waals surface area contributed by atoms with Crippen molar-refractivity contribution < 1.29 is 9.90 Å². The zero-order valence-electron chi connectivity index (χ0n) is 10.9. The first-order chi connectivity index (χ1) is 8.46. The number of amides is 2. The molecule has 2 N–H and O–H groups in total. The van der Waals surface area contributed by atoms with Crippen LogP contribution >= 0.6 is 0 Å². The van der Waals surface area contributed by atoms with E-state index in [9.17, 15) is 9.90 Å². The Morgan fingerprint density at radius 3 is 2.39 bits per heavy atom. The monoisotopic (exact) mass is 248 g/mol. The third-order valence-electron chi connectivity index (χ3n) is 3.43. The molecule has 2 amide bonds. The normalized spacial score (nSPS) is 18.5. The number of nitrogens with one attached hydrogen (secondary N) is 1. The fourth-order valence-corrected chi connectivity index (χ4v) is 2.03. The summed E-state index contributed by atoms with van der Waals surface area (Å²) < 4.78 is 0. The number of aliphatic hydroxyl groups is 1. The molecule has 98 valence electrons. The maximum absolute atomic E-state index is 12.0. The van der Waals surface area contributed by atoms with Crippen LogP contribution in [0.2, 0.25) is 0 Å². The van der Waals surface area contributed by atoms with Crippen LogP contribution in [-0.2, 0) is 0 Å². The highest BCUT2D eigenvalue weighted by Crippen LogP contribution is 2.21. The maximum Gasteiger partial charge on any atom is 0.321 e. The lowest BCUT2D eigenvalue weighted by Gasteiger charge is -2.35. The van der Waals surface area contributed by atoms with E-state index in [1.165, 1.54) is 5.56 Å². The lowest BCUT2D eigenvalue weighted by Crippen LogP contribution is -2.46. The molecule has 0 aromatic heterocycles. The number of carbonyl (C=O) groups excluding carboxylic acids is 1. The molecule has 1 aromatic carbocycles. The fourth-order valence-electron chi connectivity index (χ4n) is 2.03. The topological polar surface area (TPSA) is 52.6 Å². The van der Waals surface area contributed by atoms with Gasteiger partial charge in [-0.2, -0.15) is 0 Å². The summed E-state index contributed by atoms with van der Waals surface area (Å²) in [7, 11) is 0. The van der Waals surface area contributed by atoms with Gasteiger partial charge < -0.3 is 15.3 Å². The van der Waals surface area contributed by atoms with Crippen LogP contribution in [0.3, 0.4) is 0 Å². The Labute approximate surface area is 108 Å². The second kappa shape index (κ2) is 4.98. The van der Waals surface area contributed by atoms with Crippen molar-refractivity contribution in [3.63, 3.8) is 0 Å². The van der Waals surface area contributed by atoms with Crippen molar-refractivity contribution in [3.8, 4) is 0 Å². The first kappa shape index (κ1) is 12.9. The number of anilines is 1. The molecule has 0 bridgehead atoms. The van der Waals surface area contributed by atoms with Crippen LogP contribution in [0.25, 0.3) is 0 Å². The smallest absolute Gasteiger partial charge is 0.321 e. The Kier molecular flexibility index (Phi) is 3.57. The van der Waals surface area contributed by atoms with Gasteiger partial charge in [-0.25, -0.2) is 4.79 Å². The molecule has 0 aliphatic carbocycles. The average molecular weight is 248 g/mol. The van der Waals surface area contributed by atoms with Gasteiger partial charge in [-0.05, 0) is 38.8 Å². The van der Waals surface area contributed by atoms with Crippen molar-refractivity contribution in [1.82, 2.24) is 4.90 Å². The quantitative estimate of drug-likeness (QED) is 0.801. The molecule has 0 spiro atoms. The van der Waals surface area contributed by atoms with Gasteiger partial charge in [0.1, 0.15) is 0 Å². The predicted molar refractivity (Wildman–Crippen MR) is 71.6 cm³/mol. The van der Waals surface area contributed by atoms with E-state index in [4.69, 9.17) is 0 Å². The van der Waals surface area contributed by atoms with Gasteiger partial charge in [-0.3, -0.25) is 0 Å². The first-order valence-corrected chi connectivity index (χ1v) is 6.31. The Bertz CT molecular complexity index is 416. The number of benzene rings is 1. The molecule has 1 aliphatic heterocycles. The van der Waals surface area contributed by atoms with Crippen LogP contribution in [0.5, 0.6) is 0 Å². The molecular formula is C14H20N2O2. The number of hydrogen-bond acceptors (Lipinski definition) is 2. The van der Waals surface area contributed by atoms with Crippen molar-refractivity contribution in [3.05, 3.63) is 29.8 Å². The molecule has 18 heavy (non-hydrogen) atoms. The van der Waals surface area contributed by atoms with Gasteiger partial charge in [0.25, 0.3) is 0 Å². The van der Waals surface area contributed by atoms with Gasteiger partial charge in [0.15, 0.2) is 0 Å². The third kappa shape index (κ3) is 3.23. The highest BCUT2D eigenvalue weighted by Gasteiger charge is 2.29. The number of hydrogen-bond donors (Lipinski definition) is 2. The number of nitrogens with zero attached hydrogens (tertiary/aromatic N) is 1. The van der Waals surface area contributed by atoms with Crippen LogP contribution in [0.4, 0.5) is 10.5 Å². The number of urea groups is 1. The first-order valence-electron chi connectivity index (χ1n) is 6.31. The Hall–Kier alpha value is -1.55. The minimum atomic E-state index is -0.624. The highest BCUT2D eigenvalue weighted by atomic mass is 16.3. The summed E-state index contributed by atoms with van der Waals surface area (Å²) in [6.45, 7) is 5.04. The van der Waals surface area contributed by atoms with E-state index in [0.29, 0.717) is 25.9 Å². The van der Waals surface area contributed by atoms with Gasteiger partial charge in [0.05, 0.1) is 5.60 Å². The molecule has 4 nitrogen and oxygen atoms in total. The molecule has 0 unspecified atom stereocenters. The fraction of sp³-hybridized carbons (Fsp3) is 0.500. The summed E-state index contributed by atoms with van der Waals surface area (Å²) in [6, 6.07) is 7.64. The summed E-state index contributed by atoms with van der Waals surface area (Å²) in [6.07, 6.45) is 1.27. The zero-order chi connectivity index (χ0) is 13.2. The standard InChI is InChI=1S/C14H20N2O2/c1-11-3-5-12(6-4-11)15-13(17)16-9-7-14(2,18)8-10-16/h3-6,18H,7-10H2,1-2H3,(H,15,17). The summed E-state index contributed by atoms with van der Waals surface area (Å²) in [4.78, 5) is 13.7. The summed E-state index contributed by atoms with van der Waals surface area (Å²) in [5.41, 5.74) is 1.35. The molecule has 0 saturated carbocycles. The molecule has 1 fully saturated rings. The number of aryl methyl sites for hydroxylation is 1. The molecular weight excluding hydrogens is 228 g/mol. The van der Waals surface area contributed by atoms with E-state index in [1.54, 1.807) is 4.90 Å². The lowest BCUT2D eigenvalue weighted by molar-refractivity contribution is 0.00570. The van der Waals surface area contributed by atoms with Gasteiger partial charge in [-0.15, -0.1) is 0 Å². The SMILES string of the molecule is Cc1ccc(NC(=O)N2CCC(C)(O)CC2)cc1. The van der Waals surface area contributed by atoms with Crippen molar-refractivity contribution in [1.29, 1.82) is 0 Å². The summed E-state index contributed by atoms with van der Waals surface area (Å²) >= 11 is 0. The Balaban J connectivity index is 1.91. The Morgan fingerprint density at radius 2 is 1.83 bits per heavy atom. The highest BCUT2D eigenvalue weighted by molar-refractivity contribution is 5.89. The molecule has 0 radical (unpaired) electrons. The van der Waals surface area contributed by atoms with Crippen molar-refractivity contribution in [2.75, 3.05) is 18.4 Å². The van der Waals surface area contributed by atoms with Crippen LogP contribution in [-0.4, -0.2) is 34.7 Å². The van der Waals surface area contributed by atoms with E-state index in [2.05, 4.69) is 5.32 Å². The largest absolute Gasteiger partial charge is 0.390 e. The predicted octanol–water partition coefficient (Wildman–Crippen LogP) is 2.37. The van der Waals surface area contributed by atoms with Gasteiger partial charge >= 0.3 is 6.03 Å². The molecule has 4 heteroatoms. The van der Waals surface area contributed by atoms with E-state index in [0.717, 1.165) is 5.69 Å². The van der Waals surface area contributed by atoms with E-state index in [-0.39, 0.29) is 6.03 Å². The maximum atomic E-state index is 12.0. The van der Waals surface area contributed by atoms with Crippen LogP contribution in [0.15, 0.2) is 24.3 Å². The average Bonchev–Trinajstić information content (AvgIpc) is 2.32. The molecule has 0 atom stereocenters. The molecule has 1 saturated heterocycles. The van der Waals surface area contributed by atoms with E-state index in [1.807, 2.05) is 38.1 Å². The minimum absolute atomic E-state index is 0.0886. The third-order valence-corrected chi connectivity index (χ3v) is 3.43. The van der Waals surface area contributed by atoms with Crippen LogP contribution in [0, 0.1) is 6.92 Å². The number of likely N-dealkylation sites (tertiary alicyclic amines) is 1. The van der Waals surface area contributed by atoms with E-state index >= 15 is 0 Å². The second-order valence-electron chi connectivity index (χ2n) is 5.28. The van der Waals surface area contributed by atoms with Gasteiger partial charge in [0.2, 0.25) is 0 Å².